The van der Waals surface area contributed by atoms with Crippen molar-refractivity contribution in [2.24, 2.45) is 10.8 Å². The van der Waals surface area contributed by atoms with Crippen molar-refractivity contribution in [3.63, 3.8) is 0 Å². The van der Waals surface area contributed by atoms with Crippen LogP contribution in [0, 0.1) is 16.9 Å². The van der Waals surface area contributed by atoms with Crippen LogP contribution in [0.25, 0.3) is 55.2 Å². The molecule has 1 N–H and O–H groups in total. The maximum Gasteiger partial charge on any atom is 0.164 e. The van der Waals surface area contributed by atoms with E-state index in [4.69, 9.17) is 9.40 Å². The largest absolute Gasteiger partial charge is 0.512 e. The third-order valence-electron chi connectivity index (χ3n) is 11.7. The molecule has 6 aromatic rings. The number of aliphatic hydroxyl groups is 1. The van der Waals surface area contributed by atoms with E-state index < -0.39 is 13.3 Å². The first-order chi connectivity index (χ1) is 25.1. The van der Waals surface area contributed by atoms with Gasteiger partial charge in [-0.3, -0.25) is 4.79 Å². The summed E-state index contributed by atoms with van der Waals surface area (Å²) in [6.07, 6.45) is 4.75. The molecule has 0 amide bonds. The van der Waals surface area contributed by atoms with E-state index in [1.165, 1.54) is 32.5 Å². The molecule has 0 aliphatic rings. The molecule has 0 unspecified atom stereocenters. The average molecular weight is 962 g/mol. The molecule has 4 aromatic carbocycles. The van der Waals surface area contributed by atoms with E-state index in [1.807, 2.05) is 47.6 Å². The van der Waals surface area contributed by atoms with Gasteiger partial charge in [0.15, 0.2) is 5.78 Å². The van der Waals surface area contributed by atoms with Crippen molar-refractivity contribution in [3.05, 3.63) is 108 Å². The van der Waals surface area contributed by atoms with E-state index in [1.54, 1.807) is 0 Å². The molecule has 6 rings (SSSR count). The Labute approximate surface area is 339 Å². The minimum absolute atomic E-state index is 0. The second-order valence-corrected chi connectivity index (χ2v) is 27.1. The number of hydrogen-bond donors (Lipinski definition) is 1. The second-order valence-electron chi connectivity index (χ2n) is 16.4. The van der Waals surface area contributed by atoms with Gasteiger partial charge in [0.25, 0.3) is 0 Å². The summed E-state index contributed by atoms with van der Waals surface area (Å²) in [6, 6.07) is 33.8. The molecule has 1 radical (unpaired) electrons. The van der Waals surface area contributed by atoms with E-state index in [0.717, 1.165) is 64.4 Å². The van der Waals surface area contributed by atoms with Crippen molar-refractivity contribution < 1.29 is 34.4 Å². The number of ketones is 1. The zero-order valence-electron chi connectivity index (χ0n) is 34.1. The number of furan rings is 1. The van der Waals surface area contributed by atoms with Crippen molar-refractivity contribution in [2.45, 2.75) is 104 Å². The number of carbonyl (C=O) groups excluding carboxylic acids is 1. The van der Waals surface area contributed by atoms with E-state index in [0.29, 0.717) is 5.92 Å². The monoisotopic (exact) mass is 963 g/mol. The number of benzene rings is 4. The number of hydrogen-bond acceptors (Lipinski definition) is 4. The molecule has 2 heterocycles. The SMILES string of the molecule is CC(C)c1ccc2c(c1)oc1c(-c3cc(-c4ccccc4)c4c[c]([Ge]([CH3])([CH3])[CH3])ccc4n3)[c-]ccc12.CCC(C)(CC)C(=O)/C=C(\O)C(C)(CC)CC.[Ir]. The number of rotatable bonds is 11. The number of nitrogens with zero attached hydrogens (tertiary/aromatic N) is 1. The van der Waals surface area contributed by atoms with Gasteiger partial charge < -0.3 is 5.11 Å². The summed E-state index contributed by atoms with van der Waals surface area (Å²) in [5.41, 5.74) is 7.65. The zero-order valence-corrected chi connectivity index (χ0v) is 38.6. The number of fused-ring (bicyclic) bond motifs is 4. The predicted molar refractivity (Wildman–Crippen MR) is 229 cm³/mol. The normalized spacial score (nSPS) is 12.6. The summed E-state index contributed by atoms with van der Waals surface area (Å²) in [4.78, 5) is 17.3. The van der Waals surface area contributed by atoms with Crippen LogP contribution in [0.5, 0.6) is 0 Å². The molecule has 0 aliphatic carbocycles. The zero-order chi connectivity index (χ0) is 38.7. The smallest absolute Gasteiger partial charge is 0.164 e. The summed E-state index contributed by atoms with van der Waals surface area (Å²) in [5, 5.41) is 13.6. The summed E-state index contributed by atoms with van der Waals surface area (Å²) < 4.78 is 7.97. The van der Waals surface area contributed by atoms with Gasteiger partial charge in [0.1, 0.15) is 5.76 Å². The van der Waals surface area contributed by atoms with Crippen LogP contribution in [0.2, 0.25) is 17.3 Å². The molecule has 0 atom stereocenters. The Hall–Kier alpha value is -3.51. The molecule has 0 saturated heterocycles. The van der Waals surface area contributed by atoms with Crippen LogP contribution < -0.4 is 4.40 Å². The number of aromatic nitrogens is 1. The number of aliphatic hydroxyl groups excluding tert-OH is 1. The van der Waals surface area contributed by atoms with Gasteiger partial charge in [0.2, 0.25) is 0 Å². The van der Waals surface area contributed by atoms with Gasteiger partial charge in [-0.15, -0.1) is 0 Å². The Bertz CT molecular complexity index is 2250. The van der Waals surface area contributed by atoms with Crippen molar-refractivity contribution >= 4 is 56.3 Å². The Balaban J connectivity index is 0.000000309. The molecule has 0 aliphatic heterocycles. The number of pyridine rings is 1. The Morgan fingerprint density at radius 3 is 2.07 bits per heavy atom. The van der Waals surface area contributed by atoms with Crippen LogP contribution in [0.15, 0.2) is 101 Å². The van der Waals surface area contributed by atoms with Crippen molar-refractivity contribution in [2.75, 3.05) is 0 Å². The quantitative estimate of drug-likeness (QED) is 0.0608. The van der Waals surface area contributed by atoms with Crippen LogP contribution >= 0.6 is 0 Å². The number of allylic oxidation sites excluding steroid dienone is 2. The molecule has 6 heteroatoms. The van der Waals surface area contributed by atoms with Crippen LogP contribution in [0.1, 0.15) is 92.6 Å². The van der Waals surface area contributed by atoms with E-state index >= 15 is 0 Å². The van der Waals surface area contributed by atoms with Gasteiger partial charge in [-0.25, -0.2) is 0 Å². The van der Waals surface area contributed by atoms with Gasteiger partial charge in [0, 0.05) is 37.0 Å². The van der Waals surface area contributed by atoms with Gasteiger partial charge in [0.05, 0.1) is 0 Å². The summed E-state index contributed by atoms with van der Waals surface area (Å²) in [5.74, 6) is 8.05. The molecule has 0 spiro atoms. The number of carbonyl (C=O) groups is 1. The van der Waals surface area contributed by atoms with Gasteiger partial charge in [-0.05, 0) is 31.6 Å². The molecule has 4 nitrogen and oxygen atoms in total. The summed E-state index contributed by atoms with van der Waals surface area (Å²) in [7, 11) is 0. The molecular weight excluding hydrogens is 903 g/mol. The minimum atomic E-state index is -2.00. The predicted octanol–water partition coefficient (Wildman–Crippen LogP) is 13.6. The summed E-state index contributed by atoms with van der Waals surface area (Å²) in [6.45, 7) is 16.5. The van der Waals surface area contributed by atoms with Crippen LogP contribution in [0.3, 0.4) is 0 Å². The first-order valence-electron chi connectivity index (χ1n) is 19.4. The van der Waals surface area contributed by atoms with Crippen LogP contribution in [0.4, 0.5) is 0 Å². The van der Waals surface area contributed by atoms with E-state index in [-0.39, 0.29) is 42.5 Å². The minimum Gasteiger partial charge on any atom is -0.512 e. The van der Waals surface area contributed by atoms with Crippen LogP contribution in [-0.2, 0) is 24.9 Å². The summed E-state index contributed by atoms with van der Waals surface area (Å²) >= 11 is -2.00. The maximum atomic E-state index is 12.2. The molecule has 287 valence electrons. The van der Waals surface area contributed by atoms with E-state index in [9.17, 15) is 9.90 Å². The molecule has 0 fully saturated rings. The Morgan fingerprint density at radius 1 is 0.833 bits per heavy atom. The Morgan fingerprint density at radius 2 is 1.48 bits per heavy atom. The molecule has 0 bridgehead atoms. The van der Waals surface area contributed by atoms with Gasteiger partial charge in [-0.1, -0.05) is 55.4 Å². The fourth-order valence-electron chi connectivity index (χ4n) is 6.67. The molecular formula is C48H58GeIrNO3-. The van der Waals surface area contributed by atoms with E-state index in [2.05, 4.69) is 116 Å². The Kier molecular flexibility index (Phi) is 14.0. The van der Waals surface area contributed by atoms with Gasteiger partial charge in [-0.2, -0.15) is 0 Å². The van der Waals surface area contributed by atoms with Crippen molar-refractivity contribution in [1.82, 2.24) is 4.98 Å². The first-order valence-corrected chi connectivity index (χ1v) is 26.8. The first kappa shape index (κ1) is 43.2. The van der Waals surface area contributed by atoms with Crippen LogP contribution in [-0.4, -0.2) is 29.1 Å². The van der Waals surface area contributed by atoms with Gasteiger partial charge >= 0.3 is 196 Å². The third-order valence-corrected chi connectivity index (χ3v) is 16.0. The molecule has 0 saturated carbocycles. The van der Waals surface area contributed by atoms with Crippen molar-refractivity contribution in [3.8, 4) is 22.4 Å². The maximum absolute atomic E-state index is 12.2. The fraction of sp³-hybridized carbons (Fsp3) is 0.375. The third kappa shape index (κ3) is 8.96. The average Bonchev–Trinajstić information content (AvgIpc) is 3.55. The topological polar surface area (TPSA) is 63.3 Å². The van der Waals surface area contributed by atoms with Crippen molar-refractivity contribution in [1.29, 1.82) is 0 Å². The fourth-order valence-corrected chi connectivity index (χ4v) is 9.10. The molecule has 2 aromatic heterocycles. The standard InChI is InChI=1S/C33H30GeNO.C15H28O2.Ir/c1-21(2)23-14-16-25-26-12-9-13-27(33(26)36-32(25)18-23)31-20-28(22-10-7-6-8-11-22)29-19-24(34(3,4)5)15-17-30(29)35-31;1-7-14(5,8-2)12(16)11-13(17)15(6,9-3)10-4;/h6-12,14-21H,1-5H3;11,16H,7-10H2,1-6H3;/q-1;;/b;12-11-;. The second kappa shape index (κ2) is 17.5. The molecule has 54 heavy (non-hydrogen) atoms.